The Labute approximate surface area is 108 Å². The summed E-state index contributed by atoms with van der Waals surface area (Å²) in [6, 6.07) is 0. The van der Waals surface area contributed by atoms with Crippen molar-refractivity contribution in [2.45, 2.75) is 65.2 Å². The second-order valence-electron chi connectivity index (χ2n) is 5.85. The monoisotopic (exact) mass is 256 g/mol. The highest BCUT2D eigenvalue weighted by molar-refractivity contribution is 5.72. The Morgan fingerprint density at radius 3 is 1.44 bits per heavy atom. The SMILES string of the molecule is CCC1(CC)CCC(CC(=O)O)(CC(=O)O)CC1. The van der Waals surface area contributed by atoms with Gasteiger partial charge in [0.15, 0.2) is 0 Å². The minimum absolute atomic E-state index is 0.0111. The van der Waals surface area contributed by atoms with Gasteiger partial charge in [-0.3, -0.25) is 9.59 Å². The lowest BCUT2D eigenvalue weighted by atomic mass is 9.59. The van der Waals surface area contributed by atoms with Crippen LogP contribution in [-0.4, -0.2) is 22.2 Å². The minimum atomic E-state index is -0.878. The van der Waals surface area contributed by atoms with Crippen LogP contribution in [0.1, 0.15) is 65.2 Å². The van der Waals surface area contributed by atoms with Crippen molar-refractivity contribution < 1.29 is 19.8 Å². The predicted octanol–water partition coefficient (Wildman–Crippen LogP) is 3.30. The minimum Gasteiger partial charge on any atom is -0.481 e. The van der Waals surface area contributed by atoms with Crippen LogP contribution in [0.25, 0.3) is 0 Å². The lowest BCUT2D eigenvalue weighted by Crippen LogP contribution is -2.37. The number of rotatable bonds is 6. The Hall–Kier alpha value is -1.06. The molecule has 0 atom stereocenters. The van der Waals surface area contributed by atoms with Crippen LogP contribution in [0.4, 0.5) is 0 Å². The van der Waals surface area contributed by atoms with Gasteiger partial charge in [-0.15, -0.1) is 0 Å². The van der Waals surface area contributed by atoms with E-state index >= 15 is 0 Å². The molecule has 0 aromatic heterocycles. The van der Waals surface area contributed by atoms with Gasteiger partial charge in [0.2, 0.25) is 0 Å². The summed E-state index contributed by atoms with van der Waals surface area (Å²) in [5.41, 5.74) is -0.216. The first kappa shape index (κ1) is 15.0. The molecule has 1 aliphatic carbocycles. The third kappa shape index (κ3) is 3.47. The number of carboxylic acids is 2. The molecule has 1 saturated carbocycles. The summed E-state index contributed by atoms with van der Waals surface area (Å²) in [4.78, 5) is 21.9. The van der Waals surface area contributed by atoms with Crippen LogP contribution in [0.2, 0.25) is 0 Å². The van der Waals surface area contributed by atoms with Gasteiger partial charge in [-0.05, 0) is 36.5 Å². The topological polar surface area (TPSA) is 74.6 Å². The van der Waals surface area contributed by atoms with E-state index in [4.69, 9.17) is 10.2 Å². The van der Waals surface area contributed by atoms with E-state index in [0.29, 0.717) is 5.41 Å². The average molecular weight is 256 g/mol. The molecule has 0 amide bonds. The zero-order valence-corrected chi connectivity index (χ0v) is 11.4. The predicted molar refractivity (Wildman–Crippen MR) is 68.4 cm³/mol. The molecule has 0 aromatic carbocycles. The molecular formula is C14H24O4. The van der Waals surface area contributed by atoms with Gasteiger partial charge in [-0.1, -0.05) is 26.7 Å². The van der Waals surface area contributed by atoms with Crippen LogP contribution in [0.15, 0.2) is 0 Å². The van der Waals surface area contributed by atoms with Crippen LogP contribution in [-0.2, 0) is 9.59 Å². The third-order valence-corrected chi connectivity index (χ3v) is 4.92. The highest BCUT2D eigenvalue weighted by Crippen LogP contribution is 2.52. The van der Waals surface area contributed by atoms with Gasteiger partial charge in [0.05, 0.1) is 12.8 Å². The summed E-state index contributed by atoms with van der Waals surface area (Å²) in [7, 11) is 0. The number of hydrogen-bond acceptors (Lipinski definition) is 2. The number of hydrogen-bond donors (Lipinski definition) is 2. The van der Waals surface area contributed by atoms with E-state index < -0.39 is 17.4 Å². The fraction of sp³-hybridized carbons (Fsp3) is 0.857. The van der Waals surface area contributed by atoms with Crippen molar-refractivity contribution in [1.29, 1.82) is 0 Å². The first-order valence-electron chi connectivity index (χ1n) is 6.81. The number of aliphatic carboxylic acids is 2. The summed E-state index contributed by atoms with van der Waals surface area (Å²) < 4.78 is 0. The lowest BCUT2D eigenvalue weighted by Gasteiger charge is -2.45. The van der Waals surface area contributed by atoms with Gasteiger partial charge in [-0.25, -0.2) is 0 Å². The fourth-order valence-electron chi connectivity index (χ4n) is 3.33. The van der Waals surface area contributed by atoms with E-state index in [-0.39, 0.29) is 12.8 Å². The number of carbonyl (C=O) groups is 2. The van der Waals surface area contributed by atoms with E-state index in [2.05, 4.69) is 13.8 Å². The van der Waals surface area contributed by atoms with Gasteiger partial charge >= 0.3 is 11.9 Å². The van der Waals surface area contributed by atoms with Crippen molar-refractivity contribution in [2.24, 2.45) is 10.8 Å². The van der Waals surface area contributed by atoms with Gasteiger partial charge in [0.25, 0.3) is 0 Å². The van der Waals surface area contributed by atoms with Gasteiger partial charge < -0.3 is 10.2 Å². The first-order valence-corrected chi connectivity index (χ1v) is 6.81. The fourth-order valence-corrected chi connectivity index (χ4v) is 3.33. The summed E-state index contributed by atoms with van der Waals surface area (Å²) in [6.07, 6.45) is 5.55. The molecule has 4 heteroatoms. The molecule has 18 heavy (non-hydrogen) atoms. The molecule has 4 nitrogen and oxygen atoms in total. The molecule has 0 saturated heterocycles. The zero-order valence-electron chi connectivity index (χ0n) is 11.4. The standard InChI is InChI=1S/C14H24O4/c1-3-13(4-2)5-7-14(8-6-13,9-11(15)16)10-12(17)18/h3-10H2,1-2H3,(H,15,16)(H,17,18). The van der Waals surface area contributed by atoms with Crippen molar-refractivity contribution in [2.75, 3.05) is 0 Å². The van der Waals surface area contributed by atoms with Crippen molar-refractivity contribution >= 4 is 11.9 Å². The molecule has 1 aliphatic rings. The van der Waals surface area contributed by atoms with Crippen LogP contribution in [0, 0.1) is 10.8 Å². The molecule has 1 fully saturated rings. The second-order valence-corrected chi connectivity index (χ2v) is 5.85. The Kier molecular flexibility index (Phi) is 4.77. The quantitative estimate of drug-likeness (QED) is 0.764. The maximum Gasteiger partial charge on any atom is 0.303 e. The van der Waals surface area contributed by atoms with E-state index in [9.17, 15) is 9.59 Å². The molecule has 0 spiro atoms. The Morgan fingerprint density at radius 1 is 0.833 bits per heavy atom. The third-order valence-electron chi connectivity index (χ3n) is 4.92. The van der Waals surface area contributed by atoms with Crippen LogP contribution < -0.4 is 0 Å². The molecular weight excluding hydrogens is 232 g/mol. The van der Waals surface area contributed by atoms with E-state index in [0.717, 1.165) is 38.5 Å². The molecule has 104 valence electrons. The van der Waals surface area contributed by atoms with Crippen LogP contribution in [0.5, 0.6) is 0 Å². The Morgan fingerprint density at radius 2 is 1.17 bits per heavy atom. The molecule has 1 rings (SSSR count). The highest BCUT2D eigenvalue weighted by Gasteiger charge is 2.43. The largest absolute Gasteiger partial charge is 0.481 e. The van der Waals surface area contributed by atoms with Crippen molar-refractivity contribution in [1.82, 2.24) is 0 Å². The normalized spacial score (nSPS) is 21.4. The molecule has 0 aliphatic heterocycles. The van der Waals surface area contributed by atoms with E-state index in [1.807, 2.05) is 0 Å². The molecule has 0 radical (unpaired) electrons. The summed E-state index contributed by atoms with van der Waals surface area (Å²) in [6.45, 7) is 4.34. The molecule has 0 heterocycles. The zero-order chi connectivity index (χ0) is 13.8. The van der Waals surface area contributed by atoms with Crippen LogP contribution >= 0.6 is 0 Å². The molecule has 0 unspecified atom stereocenters. The first-order chi connectivity index (χ1) is 8.37. The number of carboxylic acid groups (broad SMARTS) is 2. The Bertz CT molecular complexity index is 290. The van der Waals surface area contributed by atoms with Crippen molar-refractivity contribution in [3.8, 4) is 0 Å². The van der Waals surface area contributed by atoms with Crippen LogP contribution in [0.3, 0.4) is 0 Å². The van der Waals surface area contributed by atoms with Gasteiger partial charge in [0, 0.05) is 0 Å². The molecule has 0 bridgehead atoms. The maximum absolute atomic E-state index is 11.0. The lowest BCUT2D eigenvalue weighted by molar-refractivity contribution is -0.145. The summed E-state index contributed by atoms with van der Waals surface area (Å²) in [5, 5.41) is 18.0. The molecule has 2 N–H and O–H groups in total. The second kappa shape index (κ2) is 5.72. The smallest absolute Gasteiger partial charge is 0.303 e. The van der Waals surface area contributed by atoms with E-state index in [1.54, 1.807) is 0 Å². The molecule has 0 aromatic rings. The van der Waals surface area contributed by atoms with Gasteiger partial charge in [0.1, 0.15) is 0 Å². The van der Waals surface area contributed by atoms with Crippen molar-refractivity contribution in [3.63, 3.8) is 0 Å². The maximum atomic E-state index is 11.0. The highest BCUT2D eigenvalue weighted by atomic mass is 16.4. The van der Waals surface area contributed by atoms with Crippen molar-refractivity contribution in [3.05, 3.63) is 0 Å². The average Bonchev–Trinajstić information content (AvgIpc) is 2.29. The Balaban J connectivity index is 2.78. The van der Waals surface area contributed by atoms with E-state index in [1.165, 1.54) is 0 Å². The summed E-state index contributed by atoms with van der Waals surface area (Å²) >= 11 is 0. The summed E-state index contributed by atoms with van der Waals surface area (Å²) in [5.74, 6) is -1.76. The van der Waals surface area contributed by atoms with Gasteiger partial charge in [-0.2, -0.15) is 0 Å².